The predicted octanol–water partition coefficient (Wildman–Crippen LogP) is 1.46. The number of piperazine rings is 1. The lowest BCUT2D eigenvalue weighted by molar-refractivity contribution is 0.197. The molecule has 2 rings (SSSR count). The van der Waals surface area contributed by atoms with Gasteiger partial charge in [-0.2, -0.15) is 0 Å². The Balaban J connectivity index is 2.20. The molecule has 0 saturated carbocycles. The number of nitrogens with zero attached hydrogens (tertiary/aromatic N) is 2. The van der Waals surface area contributed by atoms with Crippen LogP contribution in [0.1, 0.15) is 12.5 Å². The molecule has 2 atom stereocenters. The maximum Gasteiger partial charge on any atom is 0.0391 e. The lowest BCUT2D eigenvalue weighted by atomic mass is 10.1. The number of nitrogens with two attached hydrogens (primary N) is 1. The van der Waals surface area contributed by atoms with Gasteiger partial charge in [-0.05, 0) is 38.6 Å². The average Bonchev–Trinajstić information content (AvgIpc) is 2.29. The minimum atomic E-state index is 0.465. The quantitative estimate of drug-likeness (QED) is 0.839. The predicted molar refractivity (Wildman–Crippen MR) is 73.5 cm³/mol. The number of anilines is 1. The number of benzene rings is 1. The summed E-state index contributed by atoms with van der Waals surface area (Å²) < 4.78 is 0. The minimum Gasteiger partial charge on any atom is -0.366 e. The number of hydrogen-bond donors (Lipinski definition) is 1. The van der Waals surface area contributed by atoms with Crippen molar-refractivity contribution in [2.45, 2.75) is 25.9 Å². The van der Waals surface area contributed by atoms with Crippen LogP contribution in [0.3, 0.4) is 0 Å². The molecular weight excluding hydrogens is 210 g/mol. The van der Waals surface area contributed by atoms with Crippen molar-refractivity contribution in [3.05, 3.63) is 29.8 Å². The maximum absolute atomic E-state index is 5.84. The third kappa shape index (κ3) is 2.61. The molecule has 1 aliphatic heterocycles. The number of rotatable bonds is 2. The van der Waals surface area contributed by atoms with Gasteiger partial charge < -0.3 is 10.6 Å². The monoisotopic (exact) mass is 233 g/mol. The summed E-state index contributed by atoms with van der Waals surface area (Å²) in [4.78, 5) is 4.85. The van der Waals surface area contributed by atoms with E-state index < -0.39 is 0 Å². The SMILES string of the molecule is Cc1cccc(N2CC(CN)N(C)CC2C)c1. The molecule has 17 heavy (non-hydrogen) atoms. The minimum absolute atomic E-state index is 0.465. The van der Waals surface area contributed by atoms with Gasteiger partial charge in [0.25, 0.3) is 0 Å². The topological polar surface area (TPSA) is 32.5 Å². The van der Waals surface area contributed by atoms with E-state index in [9.17, 15) is 0 Å². The molecule has 1 aromatic rings. The average molecular weight is 233 g/mol. The highest BCUT2D eigenvalue weighted by Crippen LogP contribution is 2.23. The van der Waals surface area contributed by atoms with E-state index in [0.29, 0.717) is 12.1 Å². The second-order valence-electron chi connectivity index (χ2n) is 5.17. The first-order valence-electron chi connectivity index (χ1n) is 6.35. The molecule has 1 aliphatic rings. The Bertz CT molecular complexity index is 377. The Morgan fingerprint density at radius 2 is 2.12 bits per heavy atom. The molecule has 1 heterocycles. The van der Waals surface area contributed by atoms with Gasteiger partial charge in [0.15, 0.2) is 0 Å². The van der Waals surface area contributed by atoms with E-state index in [4.69, 9.17) is 5.73 Å². The van der Waals surface area contributed by atoms with Crippen LogP contribution in [0, 0.1) is 6.92 Å². The van der Waals surface area contributed by atoms with Crippen molar-refractivity contribution in [2.24, 2.45) is 5.73 Å². The summed E-state index contributed by atoms with van der Waals surface area (Å²) in [5.41, 5.74) is 8.48. The van der Waals surface area contributed by atoms with Crippen LogP contribution in [0.4, 0.5) is 5.69 Å². The van der Waals surface area contributed by atoms with Crippen LogP contribution in [0.15, 0.2) is 24.3 Å². The van der Waals surface area contributed by atoms with Gasteiger partial charge in [-0.3, -0.25) is 4.90 Å². The van der Waals surface area contributed by atoms with E-state index in [1.54, 1.807) is 0 Å². The molecule has 0 aromatic heterocycles. The van der Waals surface area contributed by atoms with Gasteiger partial charge in [-0.15, -0.1) is 0 Å². The third-order valence-electron chi connectivity index (χ3n) is 3.72. The van der Waals surface area contributed by atoms with Crippen LogP contribution in [0.2, 0.25) is 0 Å². The van der Waals surface area contributed by atoms with Crippen molar-refractivity contribution in [3.63, 3.8) is 0 Å². The Morgan fingerprint density at radius 3 is 2.76 bits per heavy atom. The van der Waals surface area contributed by atoms with Crippen molar-refractivity contribution in [1.29, 1.82) is 0 Å². The highest BCUT2D eigenvalue weighted by atomic mass is 15.3. The summed E-state index contributed by atoms with van der Waals surface area (Å²) in [6, 6.07) is 9.74. The molecule has 3 nitrogen and oxygen atoms in total. The van der Waals surface area contributed by atoms with Crippen LogP contribution in [0.25, 0.3) is 0 Å². The second-order valence-corrected chi connectivity index (χ2v) is 5.17. The van der Waals surface area contributed by atoms with Gasteiger partial charge in [-0.1, -0.05) is 12.1 Å². The largest absolute Gasteiger partial charge is 0.366 e. The fourth-order valence-electron chi connectivity index (χ4n) is 2.63. The van der Waals surface area contributed by atoms with E-state index in [0.717, 1.165) is 19.6 Å². The maximum atomic E-state index is 5.84. The van der Waals surface area contributed by atoms with Gasteiger partial charge in [0.05, 0.1) is 0 Å². The Kier molecular flexibility index (Phi) is 3.69. The zero-order chi connectivity index (χ0) is 12.4. The van der Waals surface area contributed by atoms with Crippen molar-refractivity contribution in [3.8, 4) is 0 Å². The molecule has 0 spiro atoms. The number of likely N-dealkylation sites (N-methyl/N-ethyl adjacent to an activating group) is 1. The van der Waals surface area contributed by atoms with Crippen LogP contribution in [-0.4, -0.2) is 43.7 Å². The first-order chi connectivity index (χ1) is 8.11. The van der Waals surface area contributed by atoms with Gasteiger partial charge in [0.1, 0.15) is 0 Å². The summed E-state index contributed by atoms with van der Waals surface area (Å²) in [6.07, 6.45) is 0. The van der Waals surface area contributed by atoms with Crippen LogP contribution >= 0.6 is 0 Å². The molecule has 3 heteroatoms. The van der Waals surface area contributed by atoms with Crippen molar-refractivity contribution >= 4 is 5.69 Å². The molecule has 0 aliphatic carbocycles. The van der Waals surface area contributed by atoms with Gasteiger partial charge in [-0.25, -0.2) is 0 Å². The first kappa shape index (κ1) is 12.4. The highest BCUT2D eigenvalue weighted by molar-refractivity contribution is 5.50. The molecule has 1 aromatic carbocycles. The number of hydrogen-bond acceptors (Lipinski definition) is 3. The third-order valence-corrected chi connectivity index (χ3v) is 3.72. The van der Waals surface area contributed by atoms with E-state index >= 15 is 0 Å². The Labute approximate surface area is 104 Å². The summed E-state index contributed by atoms with van der Waals surface area (Å²) >= 11 is 0. The molecule has 0 radical (unpaired) electrons. The van der Waals surface area contributed by atoms with Crippen LogP contribution < -0.4 is 10.6 Å². The molecule has 1 fully saturated rings. The molecule has 2 N–H and O–H groups in total. The molecule has 0 amide bonds. The van der Waals surface area contributed by atoms with E-state index in [2.05, 4.69) is 55.0 Å². The zero-order valence-corrected chi connectivity index (χ0v) is 11.1. The molecular formula is C14H23N3. The molecule has 94 valence electrons. The van der Waals surface area contributed by atoms with Crippen molar-refractivity contribution < 1.29 is 0 Å². The summed E-state index contributed by atoms with van der Waals surface area (Å²) in [5.74, 6) is 0. The van der Waals surface area contributed by atoms with E-state index in [1.807, 2.05) is 0 Å². The standard InChI is InChI=1S/C14H23N3/c1-11-5-4-6-13(7-11)17-10-14(8-15)16(3)9-12(17)2/h4-7,12,14H,8-10,15H2,1-3H3. The zero-order valence-electron chi connectivity index (χ0n) is 11.1. The Hall–Kier alpha value is -1.06. The Morgan fingerprint density at radius 1 is 1.35 bits per heavy atom. The smallest absolute Gasteiger partial charge is 0.0391 e. The van der Waals surface area contributed by atoms with Crippen LogP contribution in [0.5, 0.6) is 0 Å². The van der Waals surface area contributed by atoms with E-state index in [-0.39, 0.29) is 0 Å². The second kappa shape index (κ2) is 5.07. The van der Waals surface area contributed by atoms with Crippen LogP contribution in [-0.2, 0) is 0 Å². The first-order valence-corrected chi connectivity index (χ1v) is 6.35. The summed E-state index contributed by atoms with van der Waals surface area (Å²) in [6.45, 7) is 7.26. The highest BCUT2D eigenvalue weighted by Gasteiger charge is 2.28. The lowest BCUT2D eigenvalue weighted by Crippen LogP contribution is -2.58. The molecule has 1 saturated heterocycles. The fraction of sp³-hybridized carbons (Fsp3) is 0.571. The molecule has 2 unspecified atom stereocenters. The van der Waals surface area contributed by atoms with Gasteiger partial charge >= 0.3 is 0 Å². The van der Waals surface area contributed by atoms with Crippen molar-refractivity contribution in [2.75, 3.05) is 31.6 Å². The van der Waals surface area contributed by atoms with Gasteiger partial charge in [0, 0.05) is 37.4 Å². The molecule has 0 bridgehead atoms. The van der Waals surface area contributed by atoms with Gasteiger partial charge in [0.2, 0.25) is 0 Å². The van der Waals surface area contributed by atoms with E-state index in [1.165, 1.54) is 11.3 Å². The van der Waals surface area contributed by atoms with Crippen molar-refractivity contribution in [1.82, 2.24) is 4.90 Å². The lowest BCUT2D eigenvalue weighted by Gasteiger charge is -2.44. The number of aryl methyl sites for hydroxylation is 1. The normalized spacial score (nSPS) is 26.2. The summed E-state index contributed by atoms with van der Waals surface area (Å²) in [7, 11) is 2.17. The fourth-order valence-corrected chi connectivity index (χ4v) is 2.63. The summed E-state index contributed by atoms with van der Waals surface area (Å²) in [5, 5.41) is 0.